The van der Waals surface area contributed by atoms with Gasteiger partial charge in [0.2, 0.25) is 0 Å². The van der Waals surface area contributed by atoms with Gasteiger partial charge in [-0.2, -0.15) is 0 Å². The van der Waals surface area contributed by atoms with Crippen molar-refractivity contribution in [2.75, 3.05) is 6.54 Å². The molecule has 1 aromatic rings. The Balaban J connectivity index is 2.14. The smallest absolute Gasteiger partial charge is 0.410 e. The fraction of sp³-hybridized carbons (Fsp3) is 0.667. The van der Waals surface area contributed by atoms with Crippen LogP contribution in [0, 0.1) is 0 Å². The van der Waals surface area contributed by atoms with E-state index in [0.717, 1.165) is 24.3 Å². The third-order valence-electron chi connectivity index (χ3n) is 4.15. The van der Waals surface area contributed by atoms with E-state index in [2.05, 4.69) is 20.9 Å². The second kappa shape index (κ2) is 7.30. The molecule has 0 saturated carbocycles. The molecule has 6 heteroatoms. The molecule has 24 heavy (non-hydrogen) atoms. The van der Waals surface area contributed by atoms with Gasteiger partial charge in [-0.1, -0.05) is 15.9 Å². The number of aromatic nitrogens is 1. The number of carbonyl (C=O) groups excluding carboxylic acids is 1. The van der Waals surface area contributed by atoms with E-state index in [1.807, 2.05) is 46.8 Å². The number of halogens is 1. The van der Waals surface area contributed by atoms with Gasteiger partial charge in [-0.05, 0) is 53.5 Å². The number of piperidine rings is 1. The zero-order valence-corrected chi connectivity index (χ0v) is 16.7. The van der Waals surface area contributed by atoms with Gasteiger partial charge >= 0.3 is 6.09 Å². The molecule has 0 radical (unpaired) electrons. The first kappa shape index (κ1) is 19.0. The van der Waals surface area contributed by atoms with E-state index in [9.17, 15) is 4.79 Å². The van der Waals surface area contributed by atoms with E-state index in [1.54, 1.807) is 11.1 Å². The van der Waals surface area contributed by atoms with Crippen molar-refractivity contribution < 1.29 is 14.3 Å². The van der Waals surface area contributed by atoms with Crippen molar-refractivity contribution in [3.63, 3.8) is 0 Å². The average molecular weight is 399 g/mol. The molecule has 1 aromatic heterocycles. The quantitative estimate of drug-likeness (QED) is 0.701. The molecule has 1 amide bonds. The highest BCUT2D eigenvalue weighted by Crippen LogP contribution is 2.32. The summed E-state index contributed by atoms with van der Waals surface area (Å²) in [4.78, 5) is 18.6. The maximum Gasteiger partial charge on any atom is 0.410 e. The molecule has 2 heterocycles. The lowest BCUT2D eigenvalue weighted by atomic mass is 9.87. The van der Waals surface area contributed by atoms with E-state index < -0.39 is 11.1 Å². The third kappa shape index (κ3) is 4.62. The van der Waals surface area contributed by atoms with Crippen LogP contribution in [0.1, 0.15) is 53.2 Å². The van der Waals surface area contributed by atoms with Gasteiger partial charge in [-0.3, -0.25) is 9.88 Å². The maximum atomic E-state index is 12.6. The largest absolute Gasteiger partial charge is 0.488 e. The third-order valence-corrected chi connectivity index (χ3v) is 4.72. The molecule has 5 nitrogen and oxygen atoms in total. The topological polar surface area (TPSA) is 51.7 Å². The van der Waals surface area contributed by atoms with Gasteiger partial charge in [0.1, 0.15) is 17.5 Å². The highest BCUT2D eigenvalue weighted by Gasteiger charge is 2.44. The zero-order chi connectivity index (χ0) is 18.0. The van der Waals surface area contributed by atoms with Crippen molar-refractivity contribution in [2.45, 2.75) is 70.0 Å². The van der Waals surface area contributed by atoms with Crippen LogP contribution in [0.25, 0.3) is 0 Å². The molecule has 0 spiro atoms. The standard InChI is InChI=1S/C18H27BrN2O3/c1-17(2,3)24-16(22)21-10-6-7-15(18(21,4)5)23-14-8-9-20-13(11-14)12-19/h8-9,11,15H,6-7,10,12H2,1-5H3. The van der Waals surface area contributed by atoms with Gasteiger partial charge in [-0.15, -0.1) is 0 Å². The Morgan fingerprint density at radius 3 is 2.79 bits per heavy atom. The molecule has 0 aromatic carbocycles. The van der Waals surface area contributed by atoms with Crippen LogP contribution >= 0.6 is 15.9 Å². The monoisotopic (exact) mass is 398 g/mol. The van der Waals surface area contributed by atoms with Crippen molar-refractivity contribution >= 4 is 22.0 Å². The van der Waals surface area contributed by atoms with Crippen LogP contribution in [0.2, 0.25) is 0 Å². The predicted molar refractivity (Wildman–Crippen MR) is 97.5 cm³/mol. The summed E-state index contributed by atoms with van der Waals surface area (Å²) in [6.45, 7) is 10.4. The van der Waals surface area contributed by atoms with E-state index in [1.165, 1.54) is 0 Å². The number of amides is 1. The van der Waals surface area contributed by atoms with Gasteiger partial charge in [0.25, 0.3) is 0 Å². The number of alkyl halides is 1. The first-order valence-electron chi connectivity index (χ1n) is 8.31. The number of rotatable bonds is 3. The Hall–Kier alpha value is -1.30. The lowest BCUT2D eigenvalue weighted by molar-refractivity contribution is -0.0478. The van der Waals surface area contributed by atoms with Crippen LogP contribution in [0.5, 0.6) is 5.75 Å². The molecule has 1 saturated heterocycles. The minimum atomic E-state index is -0.503. The van der Waals surface area contributed by atoms with E-state index in [0.29, 0.717) is 11.9 Å². The van der Waals surface area contributed by atoms with Gasteiger partial charge in [0.05, 0.1) is 11.2 Å². The maximum absolute atomic E-state index is 12.6. The summed E-state index contributed by atoms with van der Waals surface area (Å²) < 4.78 is 11.8. The Bertz CT molecular complexity index is 584. The fourth-order valence-corrected chi connectivity index (χ4v) is 3.17. The van der Waals surface area contributed by atoms with Crippen LogP contribution in [0.3, 0.4) is 0 Å². The van der Waals surface area contributed by atoms with Gasteiger partial charge in [0.15, 0.2) is 0 Å². The van der Waals surface area contributed by atoms with Gasteiger partial charge < -0.3 is 9.47 Å². The molecule has 1 atom stereocenters. The highest BCUT2D eigenvalue weighted by molar-refractivity contribution is 9.08. The van der Waals surface area contributed by atoms with Crippen LogP contribution in [-0.4, -0.2) is 39.8 Å². The first-order chi connectivity index (χ1) is 11.1. The van der Waals surface area contributed by atoms with Crippen molar-refractivity contribution in [1.82, 2.24) is 9.88 Å². The molecule has 134 valence electrons. The van der Waals surface area contributed by atoms with Crippen molar-refractivity contribution in [3.8, 4) is 5.75 Å². The van der Waals surface area contributed by atoms with Crippen LogP contribution in [0.4, 0.5) is 4.79 Å². The molecule has 1 fully saturated rings. The minimum Gasteiger partial charge on any atom is -0.488 e. The summed E-state index contributed by atoms with van der Waals surface area (Å²) in [5, 5.41) is 0.683. The summed E-state index contributed by atoms with van der Waals surface area (Å²) >= 11 is 3.41. The van der Waals surface area contributed by atoms with E-state index in [-0.39, 0.29) is 12.2 Å². The molecule has 1 unspecified atom stereocenters. The first-order valence-corrected chi connectivity index (χ1v) is 9.44. The molecule has 2 rings (SSSR count). The van der Waals surface area contributed by atoms with Crippen molar-refractivity contribution in [3.05, 3.63) is 24.0 Å². The number of hydrogen-bond donors (Lipinski definition) is 0. The molecule has 0 bridgehead atoms. The lowest BCUT2D eigenvalue weighted by Gasteiger charge is -2.47. The van der Waals surface area contributed by atoms with Crippen LogP contribution < -0.4 is 4.74 Å². The highest BCUT2D eigenvalue weighted by atomic mass is 79.9. The molecule has 1 aliphatic rings. The normalized spacial score (nSPS) is 20.6. The van der Waals surface area contributed by atoms with Crippen LogP contribution in [0.15, 0.2) is 18.3 Å². The number of pyridine rings is 1. The number of ether oxygens (including phenoxy) is 2. The SMILES string of the molecule is CC(C)(C)OC(=O)N1CCCC(Oc2ccnc(CBr)c2)C1(C)C. The molecule has 0 N–H and O–H groups in total. The number of carbonyl (C=O) groups is 1. The summed E-state index contributed by atoms with van der Waals surface area (Å²) in [7, 11) is 0. The van der Waals surface area contributed by atoms with Crippen molar-refractivity contribution in [2.24, 2.45) is 0 Å². The van der Waals surface area contributed by atoms with Crippen molar-refractivity contribution in [1.29, 1.82) is 0 Å². The van der Waals surface area contributed by atoms with Gasteiger partial charge in [-0.25, -0.2) is 4.79 Å². The second-order valence-electron chi connectivity index (χ2n) is 7.65. The van der Waals surface area contributed by atoms with Crippen LogP contribution in [-0.2, 0) is 10.1 Å². The average Bonchev–Trinajstić information content (AvgIpc) is 2.47. The van der Waals surface area contributed by atoms with E-state index >= 15 is 0 Å². The zero-order valence-electron chi connectivity index (χ0n) is 15.1. The summed E-state index contributed by atoms with van der Waals surface area (Å²) in [6, 6.07) is 3.78. The second-order valence-corrected chi connectivity index (χ2v) is 8.21. The van der Waals surface area contributed by atoms with Gasteiger partial charge in [0, 0.05) is 24.1 Å². The Kier molecular flexibility index (Phi) is 5.78. The number of hydrogen-bond acceptors (Lipinski definition) is 4. The lowest BCUT2D eigenvalue weighted by Crippen LogP contribution is -2.60. The fourth-order valence-electron chi connectivity index (χ4n) is 2.86. The number of nitrogens with zero attached hydrogens (tertiary/aromatic N) is 2. The minimum absolute atomic E-state index is 0.0932. The summed E-state index contributed by atoms with van der Waals surface area (Å²) in [6.07, 6.45) is 3.16. The summed E-state index contributed by atoms with van der Waals surface area (Å²) in [5.41, 5.74) is -0.0277. The molecular weight excluding hydrogens is 372 g/mol. The molecule has 1 aliphatic heterocycles. The molecule has 0 aliphatic carbocycles. The Morgan fingerprint density at radius 2 is 2.17 bits per heavy atom. The number of likely N-dealkylation sites (tertiary alicyclic amines) is 1. The summed E-state index contributed by atoms with van der Waals surface area (Å²) in [5.74, 6) is 0.781. The Labute approximate surface area is 152 Å². The molecular formula is C18H27BrN2O3. The Morgan fingerprint density at radius 1 is 1.46 bits per heavy atom. The predicted octanol–water partition coefficient (Wildman–Crippen LogP) is 4.53. The van der Waals surface area contributed by atoms with E-state index in [4.69, 9.17) is 9.47 Å².